The molecule has 0 saturated carbocycles. The van der Waals surface area contributed by atoms with Crippen LogP contribution in [0.15, 0.2) is 0 Å². The van der Waals surface area contributed by atoms with Crippen LogP contribution >= 0.6 is 0 Å². The van der Waals surface area contributed by atoms with Crippen LogP contribution in [0, 0.1) is 21.7 Å². The molecule has 152 valence electrons. The van der Waals surface area contributed by atoms with Crippen LogP contribution in [0.25, 0.3) is 0 Å². The van der Waals surface area contributed by atoms with Gasteiger partial charge in [0.05, 0.1) is 12.8 Å². The van der Waals surface area contributed by atoms with Crippen molar-refractivity contribution >= 4 is 72.0 Å². The largest absolute Gasteiger partial charge is 2.00 e. The van der Waals surface area contributed by atoms with E-state index in [0.29, 0.717) is 0 Å². The third kappa shape index (κ3) is 14.8. The Hall–Kier alpha value is 0.251. The standard InChI is InChI=1S/2C11H20O2.Ba/c2*1-10(2,3)8(12)7-9(13)11(4,5)6;/h2*7H2,1-6H3;/q;;+2. The summed E-state index contributed by atoms with van der Waals surface area (Å²) in [5.74, 6) is 0.0831. The van der Waals surface area contributed by atoms with E-state index in [0.717, 1.165) is 0 Å². The number of hydrogen-bond acceptors (Lipinski definition) is 4. The molecule has 0 aliphatic rings. The van der Waals surface area contributed by atoms with Crippen molar-refractivity contribution in [1.82, 2.24) is 0 Å². The molecule has 0 bridgehead atoms. The maximum absolute atomic E-state index is 11.5. The van der Waals surface area contributed by atoms with Crippen molar-refractivity contribution in [2.75, 3.05) is 0 Å². The van der Waals surface area contributed by atoms with Crippen molar-refractivity contribution in [3.8, 4) is 0 Å². The molecule has 0 aliphatic heterocycles. The molecule has 0 radical (unpaired) electrons. The molecule has 5 heteroatoms. The molecule has 0 atom stereocenters. The van der Waals surface area contributed by atoms with E-state index in [4.69, 9.17) is 0 Å². The molecule has 0 rings (SSSR count). The quantitative estimate of drug-likeness (QED) is 0.405. The number of carbonyl (C=O) groups is 4. The Morgan fingerprint density at radius 2 is 0.519 bits per heavy atom. The van der Waals surface area contributed by atoms with Gasteiger partial charge in [-0.25, -0.2) is 0 Å². The van der Waals surface area contributed by atoms with Crippen LogP contribution in [0.2, 0.25) is 0 Å². The summed E-state index contributed by atoms with van der Waals surface area (Å²) in [6, 6.07) is 0. The first-order valence-corrected chi connectivity index (χ1v) is 9.23. The number of rotatable bonds is 4. The van der Waals surface area contributed by atoms with E-state index in [-0.39, 0.29) is 84.9 Å². The van der Waals surface area contributed by atoms with Gasteiger partial charge in [0.15, 0.2) is 0 Å². The van der Waals surface area contributed by atoms with Crippen LogP contribution in [-0.4, -0.2) is 72.0 Å². The van der Waals surface area contributed by atoms with Crippen LogP contribution in [-0.2, 0) is 19.2 Å². The van der Waals surface area contributed by atoms with E-state index in [2.05, 4.69) is 0 Å². The fourth-order valence-corrected chi connectivity index (χ4v) is 1.35. The van der Waals surface area contributed by atoms with Gasteiger partial charge >= 0.3 is 48.9 Å². The molecular formula is C22H40BaO4+2. The molecule has 0 heterocycles. The van der Waals surface area contributed by atoms with Gasteiger partial charge in [-0.2, -0.15) is 0 Å². The predicted octanol–water partition coefficient (Wildman–Crippen LogP) is 4.83. The summed E-state index contributed by atoms with van der Waals surface area (Å²) in [4.78, 5) is 46.0. The summed E-state index contributed by atoms with van der Waals surface area (Å²) >= 11 is 0. The number of hydrogen-bond donors (Lipinski definition) is 0. The van der Waals surface area contributed by atoms with Gasteiger partial charge in [-0.1, -0.05) is 83.1 Å². The number of Topliss-reactive ketones (excluding diaryl/α,β-unsaturated/α-hetero) is 4. The van der Waals surface area contributed by atoms with Crippen LogP contribution in [0.4, 0.5) is 0 Å². The van der Waals surface area contributed by atoms with E-state index in [1.807, 2.05) is 83.1 Å². The molecule has 27 heavy (non-hydrogen) atoms. The molecule has 0 saturated heterocycles. The van der Waals surface area contributed by atoms with E-state index in [9.17, 15) is 19.2 Å². The molecule has 0 N–H and O–H groups in total. The molecule has 0 aromatic rings. The fourth-order valence-electron chi connectivity index (χ4n) is 1.35. The third-order valence-electron chi connectivity index (χ3n) is 3.99. The SMILES string of the molecule is CC(C)(C)C(=O)CC(=O)C(C)(C)C.CC(C)(C)C(=O)CC(=O)C(C)(C)C.[Ba+2]. The van der Waals surface area contributed by atoms with Gasteiger partial charge < -0.3 is 0 Å². The molecule has 0 amide bonds. The van der Waals surface area contributed by atoms with Crippen LogP contribution in [0.3, 0.4) is 0 Å². The van der Waals surface area contributed by atoms with Gasteiger partial charge in [0.25, 0.3) is 0 Å². The molecule has 0 aliphatic carbocycles. The summed E-state index contributed by atoms with van der Waals surface area (Å²) in [7, 11) is 0. The van der Waals surface area contributed by atoms with Crippen LogP contribution in [0.5, 0.6) is 0 Å². The smallest absolute Gasteiger partial charge is 0.299 e. The maximum Gasteiger partial charge on any atom is 2.00 e. The first-order chi connectivity index (χ1) is 11.1. The molecule has 0 fully saturated rings. The van der Waals surface area contributed by atoms with Crippen molar-refractivity contribution in [2.24, 2.45) is 21.7 Å². The molecule has 0 spiro atoms. The molecule has 0 aromatic carbocycles. The molecular weight excluding hydrogens is 466 g/mol. The third-order valence-corrected chi connectivity index (χ3v) is 3.99. The average Bonchev–Trinajstić information content (AvgIpc) is 2.34. The van der Waals surface area contributed by atoms with Crippen molar-refractivity contribution in [1.29, 1.82) is 0 Å². The Morgan fingerprint density at radius 3 is 0.593 bits per heavy atom. The van der Waals surface area contributed by atoms with Crippen molar-refractivity contribution < 1.29 is 19.2 Å². The summed E-state index contributed by atoms with van der Waals surface area (Å²) in [5.41, 5.74) is -1.61. The normalized spacial score (nSPS) is 12.3. The van der Waals surface area contributed by atoms with E-state index in [1.54, 1.807) is 0 Å². The second-order valence-corrected chi connectivity index (χ2v) is 11.0. The summed E-state index contributed by atoms with van der Waals surface area (Å²) in [6.07, 6.45) is 0.125. The summed E-state index contributed by atoms with van der Waals surface area (Å²) in [5, 5.41) is 0. The Morgan fingerprint density at radius 1 is 0.407 bits per heavy atom. The van der Waals surface area contributed by atoms with Gasteiger partial charge in [-0.15, -0.1) is 0 Å². The van der Waals surface area contributed by atoms with Gasteiger partial charge in [0, 0.05) is 21.7 Å². The second kappa shape index (κ2) is 11.4. The van der Waals surface area contributed by atoms with Gasteiger partial charge in [0.1, 0.15) is 23.1 Å². The zero-order valence-electron chi connectivity index (χ0n) is 19.8. The fraction of sp³-hybridized carbons (Fsp3) is 0.818. The second-order valence-electron chi connectivity index (χ2n) is 11.0. The van der Waals surface area contributed by atoms with E-state index < -0.39 is 21.7 Å². The van der Waals surface area contributed by atoms with E-state index in [1.165, 1.54) is 0 Å². The number of ketones is 4. The first kappa shape index (κ1) is 31.9. The van der Waals surface area contributed by atoms with Crippen molar-refractivity contribution in [2.45, 2.75) is 95.9 Å². The zero-order chi connectivity index (χ0) is 21.7. The topological polar surface area (TPSA) is 68.3 Å². The van der Waals surface area contributed by atoms with Gasteiger partial charge in [0.2, 0.25) is 0 Å². The molecule has 4 nitrogen and oxygen atoms in total. The average molecular weight is 506 g/mol. The van der Waals surface area contributed by atoms with E-state index >= 15 is 0 Å². The van der Waals surface area contributed by atoms with Gasteiger partial charge in [-0.05, 0) is 0 Å². The summed E-state index contributed by atoms with van der Waals surface area (Å²) < 4.78 is 0. The Balaban J connectivity index is -0.000000411. The van der Waals surface area contributed by atoms with Crippen LogP contribution < -0.4 is 0 Å². The maximum atomic E-state index is 11.5. The molecule has 0 aromatic heterocycles. The Kier molecular flexibility index (Phi) is 13.5. The minimum atomic E-state index is -0.402. The molecule has 0 unspecified atom stereocenters. The monoisotopic (exact) mass is 506 g/mol. The Bertz CT molecular complexity index is 435. The first-order valence-electron chi connectivity index (χ1n) is 9.23. The van der Waals surface area contributed by atoms with Crippen molar-refractivity contribution in [3.63, 3.8) is 0 Å². The van der Waals surface area contributed by atoms with Crippen molar-refractivity contribution in [3.05, 3.63) is 0 Å². The predicted molar refractivity (Wildman–Crippen MR) is 113 cm³/mol. The minimum Gasteiger partial charge on any atom is -0.299 e. The van der Waals surface area contributed by atoms with Gasteiger partial charge in [-0.3, -0.25) is 19.2 Å². The van der Waals surface area contributed by atoms with Crippen LogP contribution in [0.1, 0.15) is 95.9 Å². The number of carbonyl (C=O) groups excluding carboxylic acids is 4. The minimum absolute atomic E-state index is 0. The summed E-state index contributed by atoms with van der Waals surface area (Å²) in [6.45, 7) is 22.1. The Labute approximate surface area is 207 Å². The zero-order valence-corrected chi connectivity index (χ0v) is 24.2.